The van der Waals surface area contributed by atoms with Crippen LogP contribution in [0, 0.1) is 5.82 Å². The summed E-state index contributed by atoms with van der Waals surface area (Å²) in [6, 6.07) is 12.4. The van der Waals surface area contributed by atoms with Crippen LogP contribution in [0.5, 0.6) is 0 Å². The molecule has 1 heterocycles. The van der Waals surface area contributed by atoms with E-state index in [-0.39, 0.29) is 22.9 Å². The number of hydrogen-bond acceptors (Lipinski definition) is 3. The minimum Gasteiger partial charge on any atom is -0.356 e. The van der Waals surface area contributed by atoms with Crippen LogP contribution < -0.4 is 5.32 Å². The van der Waals surface area contributed by atoms with Gasteiger partial charge in [-0.15, -0.1) is 11.3 Å². The van der Waals surface area contributed by atoms with E-state index in [4.69, 9.17) is 11.6 Å². The maximum Gasteiger partial charge on any atom is 0.224 e. The third kappa shape index (κ3) is 4.10. The molecule has 0 saturated carbocycles. The molecule has 0 radical (unpaired) electrons. The standard InChI is InChI=1S/C18H16ClFN2OS/c19-13-5-3-6-14(20)12(13)11-17(23)21-10-4-9-18-22-15-7-1-2-8-16(15)24-18/h1-3,5-8H,4,9-11H2,(H,21,23). The van der Waals surface area contributed by atoms with Gasteiger partial charge in [-0.3, -0.25) is 4.79 Å². The molecule has 1 aromatic heterocycles. The molecule has 0 aliphatic carbocycles. The van der Waals surface area contributed by atoms with E-state index < -0.39 is 5.82 Å². The Bertz CT molecular complexity index is 812. The molecule has 2 aromatic carbocycles. The van der Waals surface area contributed by atoms with E-state index in [1.54, 1.807) is 17.4 Å². The molecule has 3 nitrogen and oxygen atoms in total. The Morgan fingerprint density at radius 1 is 1.21 bits per heavy atom. The number of carbonyl (C=O) groups excluding carboxylic acids is 1. The maximum atomic E-state index is 13.7. The summed E-state index contributed by atoms with van der Waals surface area (Å²) in [5.41, 5.74) is 1.25. The summed E-state index contributed by atoms with van der Waals surface area (Å²) in [4.78, 5) is 16.5. The van der Waals surface area contributed by atoms with Crippen LogP contribution in [0.4, 0.5) is 4.39 Å². The number of aromatic nitrogens is 1. The lowest BCUT2D eigenvalue weighted by atomic mass is 10.1. The molecule has 6 heteroatoms. The number of halogens is 2. The van der Waals surface area contributed by atoms with Crippen LogP contribution in [0.15, 0.2) is 42.5 Å². The summed E-state index contributed by atoms with van der Waals surface area (Å²) >= 11 is 7.60. The zero-order chi connectivity index (χ0) is 16.9. The van der Waals surface area contributed by atoms with Crippen LogP contribution in [0.1, 0.15) is 17.0 Å². The normalized spacial score (nSPS) is 10.9. The number of para-hydroxylation sites is 1. The molecular weight excluding hydrogens is 347 g/mol. The Morgan fingerprint density at radius 2 is 2.04 bits per heavy atom. The molecule has 124 valence electrons. The summed E-state index contributed by atoms with van der Waals surface area (Å²) in [6.45, 7) is 0.529. The van der Waals surface area contributed by atoms with E-state index in [1.807, 2.05) is 18.2 Å². The molecule has 0 saturated heterocycles. The van der Waals surface area contributed by atoms with Gasteiger partial charge in [0.25, 0.3) is 0 Å². The zero-order valence-electron chi connectivity index (χ0n) is 12.9. The van der Waals surface area contributed by atoms with Gasteiger partial charge in [0.2, 0.25) is 5.91 Å². The van der Waals surface area contributed by atoms with Crippen molar-refractivity contribution >= 4 is 39.1 Å². The minimum atomic E-state index is -0.452. The maximum absolute atomic E-state index is 13.7. The molecule has 1 N–H and O–H groups in total. The van der Waals surface area contributed by atoms with Gasteiger partial charge < -0.3 is 5.32 Å². The van der Waals surface area contributed by atoms with E-state index in [0.29, 0.717) is 6.54 Å². The first-order valence-corrected chi connectivity index (χ1v) is 8.87. The number of nitrogens with one attached hydrogen (secondary N) is 1. The van der Waals surface area contributed by atoms with Crippen molar-refractivity contribution in [1.29, 1.82) is 0 Å². The van der Waals surface area contributed by atoms with Gasteiger partial charge in [0.05, 0.1) is 21.6 Å². The molecule has 0 aliphatic heterocycles. The van der Waals surface area contributed by atoms with Crippen LogP contribution in [0.3, 0.4) is 0 Å². The molecule has 0 fully saturated rings. The highest BCUT2D eigenvalue weighted by Crippen LogP contribution is 2.22. The van der Waals surface area contributed by atoms with Crippen molar-refractivity contribution in [3.63, 3.8) is 0 Å². The highest BCUT2D eigenvalue weighted by molar-refractivity contribution is 7.18. The number of fused-ring (bicyclic) bond motifs is 1. The predicted molar refractivity (Wildman–Crippen MR) is 96.1 cm³/mol. The highest BCUT2D eigenvalue weighted by atomic mass is 35.5. The highest BCUT2D eigenvalue weighted by Gasteiger charge is 2.11. The van der Waals surface area contributed by atoms with Gasteiger partial charge in [-0.25, -0.2) is 9.37 Å². The second-order valence-corrected chi connectivity index (χ2v) is 6.93. The summed E-state index contributed by atoms with van der Waals surface area (Å²) in [7, 11) is 0. The van der Waals surface area contributed by atoms with Gasteiger partial charge in [-0.05, 0) is 30.7 Å². The third-order valence-corrected chi connectivity index (χ3v) is 5.08. The molecule has 0 spiro atoms. The van der Waals surface area contributed by atoms with Gasteiger partial charge >= 0.3 is 0 Å². The monoisotopic (exact) mass is 362 g/mol. The second-order valence-electron chi connectivity index (χ2n) is 5.41. The number of amides is 1. The van der Waals surface area contributed by atoms with Crippen molar-refractivity contribution in [1.82, 2.24) is 10.3 Å². The van der Waals surface area contributed by atoms with Gasteiger partial charge in [0.1, 0.15) is 5.82 Å². The Kier molecular flexibility index (Phi) is 5.43. The van der Waals surface area contributed by atoms with E-state index in [0.717, 1.165) is 23.4 Å². The average molecular weight is 363 g/mol. The third-order valence-electron chi connectivity index (χ3n) is 3.63. The number of nitrogens with zero attached hydrogens (tertiary/aromatic N) is 1. The van der Waals surface area contributed by atoms with Gasteiger partial charge in [-0.2, -0.15) is 0 Å². The van der Waals surface area contributed by atoms with Crippen molar-refractivity contribution < 1.29 is 9.18 Å². The topological polar surface area (TPSA) is 42.0 Å². The SMILES string of the molecule is O=C(Cc1c(F)cccc1Cl)NCCCc1nc2ccccc2s1. The van der Waals surface area contributed by atoms with Crippen LogP contribution >= 0.6 is 22.9 Å². The van der Waals surface area contributed by atoms with E-state index in [9.17, 15) is 9.18 Å². The number of thiazole rings is 1. The lowest BCUT2D eigenvalue weighted by molar-refractivity contribution is -0.120. The first-order valence-electron chi connectivity index (χ1n) is 7.67. The van der Waals surface area contributed by atoms with Gasteiger partial charge in [0, 0.05) is 23.6 Å². The van der Waals surface area contributed by atoms with E-state index in [1.165, 1.54) is 16.8 Å². The van der Waals surface area contributed by atoms with E-state index in [2.05, 4.69) is 16.4 Å². The lowest BCUT2D eigenvalue weighted by Gasteiger charge is -2.07. The van der Waals surface area contributed by atoms with Crippen molar-refractivity contribution in [3.05, 3.63) is 63.9 Å². The molecule has 0 bridgehead atoms. The minimum absolute atomic E-state index is 0.0490. The van der Waals surface area contributed by atoms with Crippen LogP contribution in [0.25, 0.3) is 10.2 Å². The summed E-state index contributed by atoms with van der Waals surface area (Å²) in [6.07, 6.45) is 1.54. The molecule has 3 rings (SSSR count). The molecule has 0 unspecified atom stereocenters. The number of hydrogen-bond donors (Lipinski definition) is 1. The zero-order valence-corrected chi connectivity index (χ0v) is 14.5. The van der Waals surface area contributed by atoms with Gasteiger partial charge in [0.15, 0.2) is 0 Å². The fourth-order valence-electron chi connectivity index (χ4n) is 2.42. The fraction of sp³-hybridized carbons (Fsp3) is 0.222. The quantitative estimate of drug-likeness (QED) is 0.661. The predicted octanol–water partition coefficient (Wildman–Crippen LogP) is 4.38. The van der Waals surface area contributed by atoms with Crippen LogP contribution in [0.2, 0.25) is 5.02 Å². The second kappa shape index (κ2) is 7.73. The largest absolute Gasteiger partial charge is 0.356 e. The Balaban J connectivity index is 1.47. The molecule has 0 aliphatic rings. The summed E-state index contributed by atoms with van der Waals surface area (Å²) in [5, 5.41) is 4.14. The Labute approximate surface area is 148 Å². The molecule has 24 heavy (non-hydrogen) atoms. The number of benzene rings is 2. The number of aryl methyl sites for hydroxylation is 1. The van der Waals surface area contributed by atoms with Gasteiger partial charge in [-0.1, -0.05) is 29.8 Å². The first kappa shape index (κ1) is 16.9. The summed E-state index contributed by atoms with van der Waals surface area (Å²) in [5.74, 6) is -0.682. The smallest absolute Gasteiger partial charge is 0.224 e. The van der Waals surface area contributed by atoms with Crippen LogP contribution in [-0.4, -0.2) is 17.4 Å². The molecular formula is C18H16ClFN2OS. The van der Waals surface area contributed by atoms with Crippen molar-refractivity contribution in [3.8, 4) is 0 Å². The van der Waals surface area contributed by atoms with Crippen molar-refractivity contribution in [2.75, 3.05) is 6.54 Å². The average Bonchev–Trinajstić information content (AvgIpc) is 2.98. The Hall–Kier alpha value is -1.98. The van der Waals surface area contributed by atoms with E-state index >= 15 is 0 Å². The molecule has 0 atom stereocenters. The molecule has 1 amide bonds. The lowest BCUT2D eigenvalue weighted by Crippen LogP contribution is -2.26. The Morgan fingerprint density at radius 3 is 2.83 bits per heavy atom. The van der Waals surface area contributed by atoms with Crippen molar-refractivity contribution in [2.45, 2.75) is 19.3 Å². The summed E-state index contributed by atoms with van der Waals surface area (Å²) < 4.78 is 14.8. The number of rotatable bonds is 6. The first-order chi connectivity index (χ1) is 11.6. The van der Waals surface area contributed by atoms with Crippen molar-refractivity contribution in [2.24, 2.45) is 0 Å². The number of carbonyl (C=O) groups is 1. The van der Waals surface area contributed by atoms with Crippen LogP contribution in [-0.2, 0) is 17.6 Å². The molecule has 3 aromatic rings. The fourth-order valence-corrected chi connectivity index (χ4v) is 3.66.